The number of para-hydroxylation sites is 1. The van der Waals surface area contributed by atoms with Crippen molar-refractivity contribution in [1.29, 1.82) is 0 Å². The molecule has 1 heterocycles. The Balaban J connectivity index is 2.05. The Morgan fingerprint density at radius 3 is 2.89 bits per heavy atom. The number of rotatable bonds is 4. The van der Waals surface area contributed by atoms with Crippen LogP contribution in [0.4, 0.5) is 5.69 Å². The number of amides is 1. The third-order valence-electron chi connectivity index (χ3n) is 2.78. The van der Waals surface area contributed by atoms with Crippen LogP contribution in [0.1, 0.15) is 16.9 Å². The van der Waals surface area contributed by atoms with E-state index in [0.29, 0.717) is 11.4 Å². The van der Waals surface area contributed by atoms with Gasteiger partial charge in [0.1, 0.15) is 5.69 Å². The minimum Gasteiger partial charge on any atom is -0.469 e. The SMILES string of the molecule is COC(=O)CCNC(=O)c1cc2cccc(N)c2[nH]1. The summed E-state index contributed by atoms with van der Waals surface area (Å²) >= 11 is 0. The topological polar surface area (TPSA) is 97.2 Å². The second-order valence-corrected chi connectivity index (χ2v) is 4.08. The number of hydrogen-bond acceptors (Lipinski definition) is 4. The maximum Gasteiger partial charge on any atom is 0.307 e. The number of ether oxygens (including phenoxy) is 1. The highest BCUT2D eigenvalue weighted by Crippen LogP contribution is 2.20. The van der Waals surface area contributed by atoms with Gasteiger partial charge in [-0.1, -0.05) is 12.1 Å². The van der Waals surface area contributed by atoms with Crippen LogP contribution in [0.3, 0.4) is 0 Å². The van der Waals surface area contributed by atoms with Crippen molar-refractivity contribution in [1.82, 2.24) is 10.3 Å². The molecule has 2 aromatic rings. The summed E-state index contributed by atoms with van der Waals surface area (Å²) < 4.78 is 4.49. The van der Waals surface area contributed by atoms with E-state index >= 15 is 0 Å². The molecular formula is C13H15N3O3. The first-order valence-corrected chi connectivity index (χ1v) is 5.84. The van der Waals surface area contributed by atoms with Gasteiger partial charge in [-0.2, -0.15) is 0 Å². The number of anilines is 1. The largest absolute Gasteiger partial charge is 0.469 e. The van der Waals surface area contributed by atoms with Gasteiger partial charge in [-0.05, 0) is 12.1 Å². The summed E-state index contributed by atoms with van der Waals surface area (Å²) in [5.74, 6) is -0.638. The Morgan fingerprint density at radius 2 is 2.21 bits per heavy atom. The van der Waals surface area contributed by atoms with Crippen LogP contribution in [-0.4, -0.2) is 30.5 Å². The molecule has 6 nitrogen and oxygen atoms in total. The Kier molecular flexibility index (Phi) is 3.70. The molecule has 2 rings (SSSR count). The van der Waals surface area contributed by atoms with Crippen molar-refractivity contribution in [3.63, 3.8) is 0 Å². The predicted molar refractivity (Wildman–Crippen MR) is 71.7 cm³/mol. The smallest absolute Gasteiger partial charge is 0.307 e. The van der Waals surface area contributed by atoms with Gasteiger partial charge in [0, 0.05) is 11.9 Å². The third kappa shape index (κ3) is 2.85. The van der Waals surface area contributed by atoms with Gasteiger partial charge < -0.3 is 20.8 Å². The molecule has 19 heavy (non-hydrogen) atoms. The summed E-state index contributed by atoms with van der Waals surface area (Å²) in [6.45, 7) is 0.232. The number of nitrogens with one attached hydrogen (secondary N) is 2. The van der Waals surface area contributed by atoms with Crippen LogP contribution in [0, 0.1) is 0 Å². The first-order chi connectivity index (χ1) is 9.11. The number of nitrogens with two attached hydrogens (primary N) is 1. The van der Waals surface area contributed by atoms with Gasteiger partial charge in [0.15, 0.2) is 0 Å². The summed E-state index contributed by atoms with van der Waals surface area (Å²) in [4.78, 5) is 25.7. The van der Waals surface area contributed by atoms with Gasteiger partial charge >= 0.3 is 5.97 Å². The van der Waals surface area contributed by atoms with E-state index in [-0.39, 0.29) is 24.8 Å². The average Bonchev–Trinajstić information content (AvgIpc) is 2.84. The summed E-state index contributed by atoms with van der Waals surface area (Å²) in [5, 5.41) is 3.51. The number of aromatic amines is 1. The zero-order valence-electron chi connectivity index (χ0n) is 10.5. The van der Waals surface area contributed by atoms with Crippen LogP contribution in [0.15, 0.2) is 24.3 Å². The molecule has 4 N–H and O–H groups in total. The maximum absolute atomic E-state index is 11.9. The molecule has 0 saturated carbocycles. The number of H-pyrrole nitrogens is 1. The van der Waals surface area contributed by atoms with Gasteiger partial charge in [-0.3, -0.25) is 9.59 Å². The van der Waals surface area contributed by atoms with Crippen LogP contribution in [0.2, 0.25) is 0 Å². The van der Waals surface area contributed by atoms with Crippen molar-refractivity contribution in [3.05, 3.63) is 30.0 Å². The Labute approximate surface area is 109 Å². The molecule has 0 spiro atoms. The highest BCUT2D eigenvalue weighted by atomic mass is 16.5. The molecule has 0 bridgehead atoms. The van der Waals surface area contributed by atoms with E-state index in [2.05, 4.69) is 15.0 Å². The fourth-order valence-electron chi connectivity index (χ4n) is 1.78. The number of aromatic nitrogens is 1. The van der Waals surface area contributed by atoms with Crippen molar-refractivity contribution >= 4 is 28.5 Å². The minimum absolute atomic E-state index is 0.143. The molecule has 0 aliphatic carbocycles. The van der Waals surface area contributed by atoms with Gasteiger partial charge in [0.05, 0.1) is 24.7 Å². The van der Waals surface area contributed by atoms with E-state index in [9.17, 15) is 9.59 Å². The summed E-state index contributed by atoms with van der Waals surface area (Å²) in [6.07, 6.45) is 0.143. The van der Waals surface area contributed by atoms with Crippen molar-refractivity contribution < 1.29 is 14.3 Å². The van der Waals surface area contributed by atoms with Crippen LogP contribution in [0.25, 0.3) is 10.9 Å². The monoisotopic (exact) mass is 261 g/mol. The molecule has 0 fully saturated rings. The molecule has 0 atom stereocenters. The number of carbonyl (C=O) groups excluding carboxylic acids is 2. The maximum atomic E-state index is 11.9. The first-order valence-electron chi connectivity index (χ1n) is 5.84. The average molecular weight is 261 g/mol. The fourth-order valence-corrected chi connectivity index (χ4v) is 1.78. The molecule has 0 aliphatic rings. The molecule has 6 heteroatoms. The van der Waals surface area contributed by atoms with Gasteiger partial charge in [-0.25, -0.2) is 0 Å². The molecule has 1 aromatic carbocycles. The lowest BCUT2D eigenvalue weighted by Gasteiger charge is -2.02. The zero-order valence-corrected chi connectivity index (χ0v) is 10.5. The van der Waals surface area contributed by atoms with E-state index in [0.717, 1.165) is 10.9 Å². The Morgan fingerprint density at radius 1 is 1.42 bits per heavy atom. The van der Waals surface area contributed by atoms with Crippen molar-refractivity contribution in [2.45, 2.75) is 6.42 Å². The number of esters is 1. The van der Waals surface area contributed by atoms with Crippen molar-refractivity contribution in [2.75, 3.05) is 19.4 Å². The predicted octanol–water partition coefficient (Wildman–Crippen LogP) is 1.04. The summed E-state index contributed by atoms with van der Waals surface area (Å²) in [6, 6.07) is 7.18. The summed E-state index contributed by atoms with van der Waals surface area (Å²) in [7, 11) is 1.31. The number of fused-ring (bicyclic) bond motifs is 1. The zero-order chi connectivity index (χ0) is 13.8. The van der Waals surface area contributed by atoms with Crippen LogP contribution >= 0.6 is 0 Å². The minimum atomic E-state index is -0.360. The molecule has 1 amide bonds. The Hall–Kier alpha value is -2.50. The van der Waals surface area contributed by atoms with E-state index < -0.39 is 0 Å². The van der Waals surface area contributed by atoms with E-state index in [1.807, 2.05) is 12.1 Å². The number of hydrogen-bond donors (Lipinski definition) is 3. The highest BCUT2D eigenvalue weighted by Gasteiger charge is 2.10. The van der Waals surface area contributed by atoms with Gasteiger partial charge in [-0.15, -0.1) is 0 Å². The van der Waals surface area contributed by atoms with E-state index in [4.69, 9.17) is 5.73 Å². The van der Waals surface area contributed by atoms with E-state index in [1.165, 1.54) is 7.11 Å². The first kappa shape index (κ1) is 12.9. The number of benzene rings is 1. The van der Waals surface area contributed by atoms with Crippen LogP contribution in [-0.2, 0) is 9.53 Å². The lowest BCUT2D eigenvalue weighted by molar-refractivity contribution is -0.140. The molecule has 0 radical (unpaired) electrons. The van der Waals surface area contributed by atoms with Crippen LogP contribution < -0.4 is 11.1 Å². The molecule has 0 unspecified atom stereocenters. The van der Waals surface area contributed by atoms with Crippen molar-refractivity contribution in [2.24, 2.45) is 0 Å². The molecule has 0 aliphatic heterocycles. The van der Waals surface area contributed by atoms with E-state index in [1.54, 1.807) is 12.1 Å². The van der Waals surface area contributed by atoms with Gasteiger partial charge in [0.2, 0.25) is 0 Å². The third-order valence-corrected chi connectivity index (χ3v) is 2.78. The molecule has 1 aromatic heterocycles. The Bertz CT molecular complexity index is 619. The summed E-state index contributed by atoms with van der Waals surface area (Å²) in [5.41, 5.74) is 7.54. The molecule has 100 valence electrons. The molecule has 0 saturated heterocycles. The lowest BCUT2D eigenvalue weighted by Crippen LogP contribution is -2.26. The highest BCUT2D eigenvalue weighted by molar-refractivity contribution is 6.00. The number of methoxy groups -OCH3 is 1. The van der Waals surface area contributed by atoms with Crippen LogP contribution in [0.5, 0.6) is 0 Å². The normalized spacial score (nSPS) is 10.4. The fraction of sp³-hybridized carbons (Fsp3) is 0.231. The number of carbonyl (C=O) groups is 2. The molecular weight excluding hydrogens is 246 g/mol. The second-order valence-electron chi connectivity index (χ2n) is 4.08. The standard InChI is InChI=1S/C13H15N3O3/c1-19-11(17)5-6-15-13(18)10-7-8-3-2-4-9(14)12(8)16-10/h2-4,7,16H,5-6,14H2,1H3,(H,15,18). The lowest BCUT2D eigenvalue weighted by atomic mass is 10.2. The van der Waals surface area contributed by atoms with Gasteiger partial charge in [0.25, 0.3) is 5.91 Å². The quantitative estimate of drug-likeness (QED) is 0.566. The van der Waals surface area contributed by atoms with Crippen molar-refractivity contribution in [3.8, 4) is 0 Å². The number of nitrogen functional groups attached to an aromatic ring is 1. The second kappa shape index (κ2) is 5.43.